The van der Waals surface area contributed by atoms with Crippen LogP contribution in [-0.2, 0) is 11.2 Å². The predicted molar refractivity (Wildman–Crippen MR) is 125 cm³/mol. The zero-order chi connectivity index (χ0) is 22.1. The molecule has 160 valence electrons. The van der Waals surface area contributed by atoms with Crippen molar-refractivity contribution in [1.29, 1.82) is 0 Å². The second kappa shape index (κ2) is 10.9. The second-order valence-corrected chi connectivity index (χ2v) is 7.10. The largest absolute Gasteiger partial charge is 0.359 e. The molecule has 7 heteroatoms. The molecule has 0 bridgehead atoms. The average Bonchev–Trinajstić information content (AvgIpc) is 2.79. The molecular weight excluding hydrogens is 390 g/mol. The van der Waals surface area contributed by atoms with Gasteiger partial charge in [0.15, 0.2) is 0 Å². The molecule has 2 N–H and O–H groups in total. The Bertz CT molecular complexity index is 1130. The van der Waals surface area contributed by atoms with Crippen LogP contribution in [0.3, 0.4) is 0 Å². The Morgan fingerprint density at radius 2 is 1.97 bits per heavy atom. The number of carbonyl (C=O) groups excluding carboxylic acids is 1. The maximum absolute atomic E-state index is 12.5. The molecular formula is C24H27N5O2. The lowest BCUT2D eigenvalue weighted by Gasteiger charge is -2.26. The summed E-state index contributed by atoms with van der Waals surface area (Å²) < 4.78 is 0. The van der Waals surface area contributed by atoms with Crippen molar-refractivity contribution in [2.75, 3.05) is 25.0 Å². The number of aromatic amines is 1. The summed E-state index contributed by atoms with van der Waals surface area (Å²) in [5.41, 5.74) is 1.50. The first-order valence-corrected chi connectivity index (χ1v) is 10.4. The molecule has 2 aromatic carbocycles. The first-order valence-electron chi connectivity index (χ1n) is 10.4. The number of hydrogen-bond acceptors (Lipinski definition) is 5. The fourth-order valence-corrected chi connectivity index (χ4v) is 3.23. The zero-order valence-corrected chi connectivity index (χ0v) is 17.8. The Morgan fingerprint density at radius 3 is 2.74 bits per heavy atom. The van der Waals surface area contributed by atoms with Crippen LogP contribution >= 0.6 is 0 Å². The number of H-pyrrole nitrogens is 1. The van der Waals surface area contributed by atoms with Crippen molar-refractivity contribution in [2.45, 2.75) is 25.8 Å². The monoisotopic (exact) mass is 417 g/mol. The number of nitrogens with zero attached hydrogens (tertiary/aromatic N) is 3. The topological polar surface area (TPSA) is 90.5 Å². The molecule has 3 aromatic rings. The normalized spacial score (nSPS) is 11.4. The van der Waals surface area contributed by atoms with E-state index < -0.39 is 6.04 Å². The van der Waals surface area contributed by atoms with Gasteiger partial charge >= 0.3 is 0 Å². The summed E-state index contributed by atoms with van der Waals surface area (Å²) in [6, 6.07) is 16.5. The third-order valence-corrected chi connectivity index (χ3v) is 4.87. The van der Waals surface area contributed by atoms with Crippen molar-refractivity contribution < 1.29 is 4.79 Å². The minimum Gasteiger partial charge on any atom is -0.359 e. The van der Waals surface area contributed by atoms with Gasteiger partial charge in [0.1, 0.15) is 11.9 Å². The Labute approximate surface area is 181 Å². The Hall–Kier alpha value is -3.70. The fourth-order valence-electron chi connectivity index (χ4n) is 3.23. The highest BCUT2D eigenvalue weighted by atomic mass is 16.2. The number of para-hydroxylation sites is 2. The summed E-state index contributed by atoms with van der Waals surface area (Å²) in [5.74, 6) is 3.45. The molecule has 0 aliphatic rings. The van der Waals surface area contributed by atoms with E-state index >= 15 is 0 Å². The minimum atomic E-state index is -0.510. The van der Waals surface area contributed by atoms with E-state index in [1.54, 1.807) is 12.1 Å². The quantitative estimate of drug-likeness (QED) is 0.414. The highest BCUT2D eigenvalue weighted by Gasteiger charge is 2.20. The number of anilines is 1. The van der Waals surface area contributed by atoms with Gasteiger partial charge in [-0.3, -0.25) is 9.59 Å². The van der Waals surface area contributed by atoms with E-state index in [9.17, 15) is 9.59 Å². The van der Waals surface area contributed by atoms with Crippen LogP contribution in [0.25, 0.3) is 10.9 Å². The van der Waals surface area contributed by atoms with Crippen LogP contribution in [0.2, 0.25) is 0 Å². The van der Waals surface area contributed by atoms with E-state index in [-0.39, 0.29) is 11.5 Å². The Kier molecular flexibility index (Phi) is 7.73. The van der Waals surface area contributed by atoms with E-state index in [0.717, 1.165) is 5.69 Å². The van der Waals surface area contributed by atoms with Crippen molar-refractivity contribution in [3.05, 3.63) is 76.9 Å². The van der Waals surface area contributed by atoms with Gasteiger partial charge in [-0.05, 0) is 43.5 Å². The Balaban J connectivity index is 1.62. The predicted octanol–water partition coefficient (Wildman–Crippen LogP) is 2.72. The number of benzene rings is 2. The van der Waals surface area contributed by atoms with Gasteiger partial charge in [0.25, 0.3) is 5.56 Å². The smallest absolute Gasteiger partial charge is 0.258 e. The molecule has 1 heterocycles. The Morgan fingerprint density at radius 1 is 1.23 bits per heavy atom. The van der Waals surface area contributed by atoms with Crippen molar-refractivity contribution >= 4 is 28.4 Å². The van der Waals surface area contributed by atoms with Crippen LogP contribution in [0.5, 0.6) is 0 Å². The third kappa shape index (κ3) is 5.90. The fraction of sp³-hybridized carbons (Fsp3) is 0.292. The van der Waals surface area contributed by atoms with E-state index in [0.29, 0.717) is 42.7 Å². The number of aromatic nitrogens is 2. The van der Waals surface area contributed by atoms with Gasteiger partial charge < -0.3 is 15.2 Å². The first kappa shape index (κ1) is 22.0. The summed E-state index contributed by atoms with van der Waals surface area (Å²) in [4.78, 5) is 38.1. The van der Waals surface area contributed by atoms with Crippen LogP contribution in [-0.4, -0.2) is 47.9 Å². The number of nitrogens with one attached hydrogen (secondary N) is 2. The number of hydrogen-bond donors (Lipinski definition) is 2. The summed E-state index contributed by atoms with van der Waals surface area (Å²) >= 11 is 0. The molecule has 0 aliphatic heterocycles. The molecule has 1 atom stereocenters. The van der Waals surface area contributed by atoms with Crippen LogP contribution in [0, 0.1) is 0 Å². The van der Waals surface area contributed by atoms with Crippen molar-refractivity contribution in [3.8, 4) is 0 Å². The van der Waals surface area contributed by atoms with Crippen molar-refractivity contribution in [3.63, 3.8) is 0 Å². The van der Waals surface area contributed by atoms with Crippen LogP contribution < -0.4 is 15.8 Å². The summed E-state index contributed by atoms with van der Waals surface area (Å²) in [6.07, 6.45) is 2.99. The maximum Gasteiger partial charge on any atom is 0.258 e. The molecule has 1 unspecified atom stereocenters. The van der Waals surface area contributed by atoms with Gasteiger partial charge in [0, 0.05) is 38.3 Å². The highest BCUT2D eigenvalue weighted by Crippen LogP contribution is 2.14. The summed E-state index contributed by atoms with van der Waals surface area (Å²) in [7, 11) is 1.87. The standard InChI is InChI=1S/C24H27N5O2/c1-3-26-24(31)21(29(2)18-10-5-4-6-11-18)15-17-25-16-9-14-22-27-20-13-8-7-12-19(20)23(30)28-22/h4-8,10-13,15,21H,3,9,14,16H2,1-2H3,(H,26,31)(H,27,28,30). The number of rotatable bonds is 9. The molecule has 31 heavy (non-hydrogen) atoms. The van der Waals surface area contributed by atoms with Gasteiger partial charge in [0.05, 0.1) is 10.9 Å². The van der Waals surface area contributed by atoms with Crippen molar-refractivity contribution in [2.24, 2.45) is 4.99 Å². The number of aliphatic imine (C=N–C) groups is 1. The lowest BCUT2D eigenvalue weighted by Crippen LogP contribution is -2.44. The molecule has 1 aromatic heterocycles. The van der Waals surface area contributed by atoms with Crippen LogP contribution in [0.15, 0.2) is 70.5 Å². The SMILES string of the molecule is CCNC(=O)C(C=C=NCCCc1nc2ccccc2c(=O)[nH]1)N(C)c1ccccc1. The number of fused-ring (bicyclic) bond motifs is 1. The van der Waals surface area contributed by atoms with E-state index in [2.05, 4.69) is 26.1 Å². The second-order valence-electron chi connectivity index (χ2n) is 7.10. The molecule has 0 saturated carbocycles. The lowest BCUT2D eigenvalue weighted by atomic mass is 10.2. The summed E-state index contributed by atoms with van der Waals surface area (Å²) in [5, 5.41) is 3.44. The van der Waals surface area contributed by atoms with Gasteiger partial charge in [-0.15, -0.1) is 0 Å². The third-order valence-electron chi connectivity index (χ3n) is 4.87. The number of aryl methyl sites for hydroxylation is 1. The number of amides is 1. The van der Waals surface area contributed by atoms with E-state index in [1.165, 1.54) is 0 Å². The maximum atomic E-state index is 12.5. The molecule has 1 amide bonds. The van der Waals surface area contributed by atoms with E-state index in [4.69, 9.17) is 0 Å². The zero-order valence-electron chi connectivity index (χ0n) is 17.8. The average molecular weight is 418 g/mol. The highest BCUT2D eigenvalue weighted by molar-refractivity contribution is 5.89. The molecule has 0 spiro atoms. The van der Waals surface area contributed by atoms with Gasteiger partial charge in [0.2, 0.25) is 5.91 Å². The van der Waals surface area contributed by atoms with Crippen molar-refractivity contribution in [1.82, 2.24) is 15.3 Å². The number of likely N-dealkylation sites (N-methyl/N-ethyl adjacent to an activating group) is 2. The molecule has 0 saturated heterocycles. The lowest BCUT2D eigenvalue weighted by molar-refractivity contribution is -0.121. The molecule has 0 fully saturated rings. The molecule has 0 aliphatic carbocycles. The van der Waals surface area contributed by atoms with Gasteiger partial charge in [-0.1, -0.05) is 30.3 Å². The van der Waals surface area contributed by atoms with Crippen LogP contribution in [0.1, 0.15) is 19.2 Å². The van der Waals surface area contributed by atoms with Crippen LogP contribution in [0.4, 0.5) is 5.69 Å². The number of carbonyl (C=O) groups is 1. The van der Waals surface area contributed by atoms with E-state index in [1.807, 2.05) is 67.4 Å². The minimum absolute atomic E-state index is 0.102. The molecule has 3 rings (SSSR count). The molecule has 7 nitrogen and oxygen atoms in total. The molecule has 0 radical (unpaired) electrons. The van der Waals surface area contributed by atoms with Gasteiger partial charge in [-0.25, -0.2) is 9.98 Å². The van der Waals surface area contributed by atoms with Gasteiger partial charge in [-0.2, -0.15) is 0 Å². The first-order chi connectivity index (χ1) is 15.1. The summed E-state index contributed by atoms with van der Waals surface area (Å²) in [6.45, 7) is 2.96.